The molecule has 1 saturated heterocycles. The molecule has 1 aliphatic heterocycles. The van der Waals surface area contributed by atoms with Crippen molar-refractivity contribution < 1.29 is 19.1 Å². The van der Waals surface area contributed by atoms with E-state index in [4.69, 9.17) is 11.5 Å². The fraction of sp³-hybridized carbons (Fsp3) is 0.412. The number of fused-ring (bicyclic) bond motifs is 1. The van der Waals surface area contributed by atoms with Gasteiger partial charge in [-0.25, -0.2) is 14.2 Å². The number of pyridine rings is 2. The first kappa shape index (κ1) is 17.4. The highest BCUT2D eigenvalue weighted by molar-refractivity contribution is 5.92. The van der Waals surface area contributed by atoms with Crippen LogP contribution in [0.15, 0.2) is 17.1 Å². The van der Waals surface area contributed by atoms with E-state index in [0.29, 0.717) is 0 Å². The second-order valence-electron chi connectivity index (χ2n) is 7.17. The summed E-state index contributed by atoms with van der Waals surface area (Å²) in [6, 6.07) is 1.03. The van der Waals surface area contributed by atoms with E-state index < -0.39 is 34.2 Å². The number of carboxylic acids is 1. The van der Waals surface area contributed by atoms with Crippen LogP contribution >= 0.6 is 0 Å². The van der Waals surface area contributed by atoms with Crippen LogP contribution in [0.5, 0.6) is 0 Å². The Morgan fingerprint density at radius 3 is 2.63 bits per heavy atom. The summed E-state index contributed by atoms with van der Waals surface area (Å²) in [5.41, 5.74) is 9.06. The number of nitrogens with two attached hydrogens (primary N) is 2. The second-order valence-corrected chi connectivity index (χ2v) is 7.17. The molecular weight excluding hydrogens is 357 g/mol. The summed E-state index contributed by atoms with van der Waals surface area (Å²) in [5, 5.41) is 9.18. The number of carbonyl (C=O) groups is 2. The lowest BCUT2D eigenvalue weighted by molar-refractivity contribution is -0.122. The Morgan fingerprint density at radius 2 is 2.07 bits per heavy atom. The predicted octanol–water partition coefficient (Wildman–Crippen LogP) is -0.0384. The van der Waals surface area contributed by atoms with E-state index in [1.165, 1.54) is 11.1 Å². The van der Waals surface area contributed by atoms with Crippen LogP contribution in [0.3, 0.4) is 0 Å². The average molecular weight is 375 g/mol. The number of carbonyl (C=O) groups excluding carboxylic acids is 1. The third-order valence-corrected chi connectivity index (χ3v) is 5.20. The van der Waals surface area contributed by atoms with Gasteiger partial charge < -0.3 is 26.0 Å². The van der Waals surface area contributed by atoms with Crippen LogP contribution in [0.25, 0.3) is 11.0 Å². The highest BCUT2D eigenvalue weighted by Crippen LogP contribution is 2.37. The van der Waals surface area contributed by atoms with Crippen molar-refractivity contribution in [3.63, 3.8) is 0 Å². The van der Waals surface area contributed by atoms with Crippen LogP contribution in [0.4, 0.5) is 10.2 Å². The van der Waals surface area contributed by atoms with Crippen molar-refractivity contribution in [2.45, 2.75) is 30.8 Å². The minimum absolute atomic E-state index is 0.0125. The van der Waals surface area contributed by atoms with Crippen LogP contribution in [-0.2, 0) is 4.79 Å². The van der Waals surface area contributed by atoms with Gasteiger partial charge in [-0.1, -0.05) is 0 Å². The lowest BCUT2D eigenvalue weighted by Gasteiger charge is -2.22. The Bertz CT molecular complexity index is 1050. The largest absolute Gasteiger partial charge is 0.477 e. The van der Waals surface area contributed by atoms with Crippen molar-refractivity contribution in [1.29, 1.82) is 0 Å². The molecule has 1 aliphatic carbocycles. The lowest BCUT2D eigenvalue weighted by atomic mass is 10.00. The molecule has 2 aliphatic rings. The van der Waals surface area contributed by atoms with Gasteiger partial charge in [-0.2, -0.15) is 0 Å². The maximum Gasteiger partial charge on any atom is 0.341 e. The summed E-state index contributed by atoms with van der Waals surface area (Å²) >= 11 is 0. The third kappa shape index (κ3) is 2.72. The Kier molecular flexibility index (Phi) is 3.70. The van der Waals surface area contributed by atoms with Crippen LogP contribution in [0, 0.1) is 5.82 Å². The van der Waals surface area contributed by atoms with E-state index in [1.807, 2.05) is 0 Å². The van der Waals surface area contributed by atoms with E-state index in [9.17, 15) is 23.9 Å². The van der Waals surface area contributed by atoms with E-state index in [2.05, 4.69) is 4.98 Å². The molecule has 5 N–H and O–H groups in total. The van der Waals surface area contributed by atoms with Crippen LogP contribution in [-0.4, -0.2) is 45.2 Å². The molecule has 0 aromatic carbocycles. The van der Waals surface area contributed by atoms with E-state index >= 15 is 0 Å². The first-order valence-corrected chi connectivity index (χ1v) is 8.54. The van der Waals surface area contributed by atoms with E-state index in [-0.39, 0.29) is 42.4 Å². The number of halogens is 1. The molecule has 142 valence electrons. The Morgan fingerprint density at radius 1 is 1.37 bits per heavy atom. The molecule has 2 aromatic rings. The zero-order valence-corrected chi connectivity index (χ0v) is 14.3. The quantitative estimate of drug-likeness (QED) is 0.680. The summed E-state index contributed by atoms with van der Waals surface area (Å²) in [4.78, 5) is 41.2. The number of carboxylic acid groups (broad SMARTS) is 1. The lowest BCUT2D eigenvalue weighted by Crippen LogP contribution is -2.54. The number of hydrogen-bond acceptors (Lipinski definition) is 6. The van der Waals surface area contributed by atoms with Crippen LogP contribution in [0.2, 0.25) is 0 Å². The van der Waals surface area contributed by atoms with E-state index in [0.717, 1.165) is 18.9 Å². The molecule has 0 radical (unpaired) electrons. The van der Waals surface area contributed by atoms with Gasteiger partial charge in [0.15, 0.2) is 11.6 Å². The molecule has 0 bridgehead atoms. The fourth-order valence-corrected chi connectivity index (χ4v) is 3.46. The van der Waals surface area contributed by atoms with Gasteiger partial charge in [-0.3, -0.25) is 9.59 Å². The zero-order valence-electron chi connectivity index (χ0n) is 14.3. The molecule has 1 unspecified atom stereocenters. The van der Waals surface area contributed by atoms with Gasteiger partial charge in [0.2, 0.25) is 11.3 Å². The average Bonchev–Trinajstić information content (AvgIpc) is 3.36. The summed E-state index contributed by atoms with van der Waals surface area (Å²) in [7, 11) is 0. The van der Waals surface area contributed by atoms with Crippen LogP contribution < -0.4 is 21.8 Å². The molecule has 2 aromatic heterocycles. The molecule has 4 rings (SSSR count). The molecule has 3 heterocycles. The number of nitrogens with zero attached hydrogens (tertiary/aromatic N) is 3. The first-order valence-electron chi connectivity index (χ1n) is 8.54. The van der Waals surface area contributed by atoms with Gasteiger partial charge in [-0.15, -0.1) is 0 Å². The van der Waals surface area contributed by atoms with Crippen molar-refractivity contribution >= 4 is 28.7 Å². The Labute approximate surface area is 152 Å². The van der Waals surface area contributed by atoms with Crippen molar-refractivity contribution in [1.82, 2.24) is 9.55 Å². The highest BCUT2D eigenvalue weighted by Gasteiger charge is 2.41. The first-order chi connectivity index (χ1) is 12.7. The maximum absolute atomic E-state index is 14.7. The minimum Gasteiger partial charge on any atom is -0.477 e. The zero-order chi connectivity index (χ0) is 19.5. The Balaban J connectivity index is 1.88. The molecule has 0 spiro atoms. The second kappa shape index (κ2) is 5.74. The standard InChI is InChI=1S/C17H18FN5O4/c18-11-5-9-12(24)10(15(25)26)6-23(8-1-2-8)13(9)21-14(11)22-4-3-17(20,7-22)16(19)27/h5-6,8H,1-4,7,20H2,(H2,19,27)(H,25,26). The van der Waals surface area contributed by atoms with E-state index in [1.54, 1.807) is 4.57 Å². The summed E-state index contributed by atoms with van der Waals surface area (Å²) in [5.74, 6) is -2.85. The number of amides is 1. The number of anilines is 1. The third-order valence-electron chi connectivity index (χ3n) is 5.20. The molecule has 27 heavy (non-hydrogen) atoms. The predicted molar refractivity (Wildman–Crippen MR) is 94.1 cm³/mol. The summed E-state index contributed by atoms with van der Waals surface area (Å²) in [6.07, 6.45) is 3.17. The number of hydrogen-bond donors (Lipinski definition) is 3. The molecule has 9 nitrogen and oxygen atoms in total. The molecule has 1 saturated carbocycles. The molecule has 1 amide bonds. The topological polar surface area (TPSA) is 145 Å². The van der Waals surface area contributed by atoms with Gasteiger partial charge in [0.05, 0.1) is 5.39 Å². The number of rotatable bonds is 4. The molecule has 2 fully saturated rings. The number of primary amides is 1. The highest BCUT2D eigenvalue weighted by atomic mass is 19.1. The van der Waals surface area contributed by atoms with Crippen molar-refractivity contribution in [3.05, 3.63) is 33.9 Å². The van der Waals surface area contributed by atoms with Crippen LogP contribution in [0.1, 0.15) is 35.7 Å². The smallest absolute Gasteiger partial charge is 0.341 e. The number of aromatic nitrogens is 2. The van der Waals surface area contributed by atoms with Crippen molar-refractivity contribution in [2.24, 2.45) is 11.5 Å². The van der Waals surface area contributed by atoms with Crippen molar-refractivity contribution in [3.8, 4) is 0 Å². The summed E-state index contributed by atoms with van der Waals surface area (Å²) < 4.78 is 16.3. The summed E-state index contributed by atoms with van der Waals surface area (Å²) in [6.45, 7) is 0.300. The molecular formula is C17H18FN5O4. The monoisotopic (exact) mass is 375 g/mol. The van der Waals surface area contributed by atoms with Gasteiger partial charge in [0, 0.05) is 25.3 Å². The fourth-order valence-electron chi connectivity index (χ4n) is 3.46. The van der Waals surface area contributed by atoms with Gasteiger partial charge in [-0.05, 0) is 25.3 Å². The van der Waals surface area contributed by atoms with Gasteiger partial charge in [0.1, 0.15) is 16.7 Å². The minimum atomic E-state index is -1.37. The SMILES string of the molecule is NC(=O)C1(N)CCN(c2nc3c(cc2F)c(=O)c(C(=O)O)cn3C2CC2)C1. The molecule has 10 heteroatoms. The van der Waals surface area contributed by atoms with Crippen molar-refractivity contribution in [2.75, 3.05) is 18.0 Å². The maximum atomic E-state index is 14.7. The Hall–Kier alpha value is -3.01. The molecule has 1 atom stereocenters. The normalized spacial score (nSPS) is 22.4. The number of aromatic carboxylic acids is 1. The van der Waals surface area contributed by atoms with Gasteiger partial charge in [0.25, 0.3) is 0 Å². The van der Waals surface area contributed by atoms with Gasteiger partial charge >= 0.3 is 5.97 Å².